The summed E-state index contributed by atoms with van der Waals surface area (Å²) >= 11 is 1.39. The van der Waals surface area contributed by atoms with Crippen molar-refractivity contribution in [3.63, 3.8) is 0 Å². The molecule has 0 aliphatic heterocycles. The molecule has 0 aliphatic carbocycles. The van der Waals surface area contributed by atoms with Gasteiger partial charge in [-0.2, -0.15) is 4.31 Å². The monoisotopic (exact) mass is 332 g/mol. The van der Waals surface area contributed by atoms with Crippen LogP contribution in [0.3, 0.4) is 0 Å². The van der Waals surface area contributed by atoms with Gasteiger partial charge in [-0.1, -0.05) is 34.6 Å². The van der Waals surface area contributed by atoms with Crippen molar-refractivity contribution >= 4 is 21.4 Å². The standard InChI is InChI=1S/C15H28N2O2S2/c1-6-17(7-2)21(18,19)14-9-8-13(20-14)10-11-16-12-15(3,4)5/h8-9,16H,6-7,10-12H2,1-5H3. The topological polar surface area (TPSA) is 49.4 Å². The predicted octanol–water partition coefficient (Wildman–Crippen LogP) is 2.96. The van der Waals surface area contributed by atoms with E-state index in [9.17, 15) is 8.42 Å². The third kappa shape index (κ3) is 5.70. The van der Waals surface area contributed by atoms with Gasteiger partial charge >= 0.3 is 0 Å². The molecule has 0 aromatic carbocycles. The summed E-state index contributed by atoms with van der Waals surface area (Å²) in [4.78, 5) is 1.11. The molecule has 1 aromatic heterocycles. The number of thiophene rings is 1. The van der Waals surface area contributed by atoms with Crippen molar-refractivity contribution in [3.05, 3.63) is 17.0 Å². The van der Waals surface area contributed by atoms with E-state index >= 15 is 0 Å². The summed E-state index contributed by atoms with van der Waals surface area (Å²) in [5, 5.41) is 3.41. The SMILES string of the molecule is CCN(CC)S(=O)(=O)c1ccc(CCNCC(C)(C)C)s1. The van der Waals surface area contributed by atoms with E-state index in [0.29, 0.717) is 17.3 Å². The summed E-state index contributed by atoms with van der Waals surface area (Å²) in [6, 6.07) is 3.66. The fourth-order valence-corrected chi connectivity index (χ4v) is 4.96. The van der Waals surface area contributed by atoms with E-state index in [2.05, 4.69) is 26.1 Å². The normalized spacial score (nSPS) is 13.0. The number of rotatable bonds is 8. The maximum Gasteiger partial charge on any atom is 0.252 e. The minimum atomic E-state index is -3.30. The molecule has 0 atom stereocenters. The van der Waals surface area contributed by atoms with Gasteiger partial charge in [0.15, 0.2) is 0 Å². The van der Waals surface area contributed by atoms with Crippen molar-refractivity contribution in [2.24, 2.45) is 5.41 Å². The average molecular weight is 333 g/mol. The number of sulfonamides is 1. The van der Waals surface area contributed by atoms with Crippen LogP contribution >= 0.6 is 11.3 Å². The molecule has 0 aliphatic rings. The van der Waals surface area contributed by atoms with Crippen LogP contribution in [0, 0.1) is 5.41 Å². The highest BCUT2D eigenvalue weighted by Gasteiger charge is 2.23. The second kappa shape index (κ2) is 7.72. The first-order valence-corrected chi connectivity index (χ1v) is 9.76. The lowest BCUT2D eigenvalue weighted by Crippen LogP contribution is -2.30. The number of nitrogens with zero attached hydrogens (tertiary/aromatic N) is 1. The third-order valence-electron chi connectivity index (χ3n) is 3.14. The van der Waals surface area contributed by atoms with Gasteiger partial charge in [0.2, 0.25) is 0 Å². The summed E-state index contributed by atoms with van der Waals surface area (Å²) < 4.78 is 26.7. The maximum atomic E-state index is 12.4. The molecule has 0 saturated carbocycles. The lowest BCUT2D eigenvalue weighted by molar-refractivity contribution is 0.382. The van der Waals surface area contributed by atoms with Crippen LogP contribution in [-0.2, 0) is 16.4 Å². The zero-order valence-corrected chi connectivity index (χ0v) is 15.4. The highest BCUT2D eigenvalue weighted by atomic mass is 32.2. The summed E-state index contributed by atoms with van der Waals surface area (Å²) in [6.07, 6.45) is 0.870. The third-order valence-corrected chi connectivity index (χ3v) is 6.80. The molecule has 1 heterocycles. The van der Waals surface area contributed by atoms with E-state index in [-0.39, 0.29) is 5.41 Å². The van der Waals surface area contributed by atoms with E-state index in [1.165, 1.54) is 15.6 Å². The van der Waals surface area contributed by atoms with Gasteiger partial charge in [0.05, 0.1) is 0 Å². The molecule has 122 valence electrons. The molecule has 0 unspecified atom stereocenters. The van der Waals surface area contributed by atoms with E-state index < -0.39 is 10.0 Å². The first-order chi connectivity index (χ1) is 9.70. The largest absolute Gasteiger partial charge is 0.316 e. The lowest BCUT2D eigenvalue weighted by Gasteiger charge is -2.18. The quantitative estimate of drug-likeness (QED) is 0.745. The molecule has 1 rings (SSSR count). The number of hydrogen-bond acceptors (Lipinski definition) is 4. The van der Waals surface area contributed by atoms with Crippen LogP contribution in [0.25, 0.3) is 0 Å². The second-order valence-corrected chi connectivity index (χ2v) is 9.63. The Hall–Kier alpha value is -0.430. The molecule has 6 heteroatoms. The lowest BCUT2D eigenvalue weighted by atomic mass is 9.97. The van der Waals surface area contributed by atoms with Gasteiger partial charge in [-0.15, -0.1) is 11.3 Å². The molecule has 21 heavy (non-hydrogen) atoms. The van der Waals surface area contributed by atoms with Crippen molar-refractivity contribution in [3.8, 4) is 0 Å². The van der Waals surface area contributed by atoms with Crippen LogP contribution in [0.4, 0.5) is 0 Å². The van der Waals surface area contributed by atoms with E-state index in [1.807, 2.05) is 19.9 Å². The Labute approximate surface area is 133 Å². The van der Waals surface area contributed by atoms with Gasteiger partial charge in [-0.3, -0.25) is 0 Å². The molecule has 4 nitrogen and oxygen atoms in total. The van der Waals surface area contributed by atoms with E-state index in [4.69, 9.17) is 0 Å². The first kappa shape index (κ1) is 18.6. The van der Waals surface area contributed by atoms with Crippen LogP contribution in [-0.4, -0.2) is 38.9 Å². The minimum Gasteiger partial charge on any atom is -0.316 e. The zero-order chi connectivity index (χ0) is 16.1. The predicted molar refractivity (Wildman–Crippen MR) is 90.5 cm³/mol. The summed E-state index contributed by atoms with van der Waals surface area (Å²) in [5.74, 6) is 0. The Morgan fingerprint density at radius 1 is 1.19 bits per heavy atom. The van der Waals surface area contributed by atoms with Gasteiger partial charge in [0, 0.05) is 24.5 Å². The van der Waals surface area contributed by atoms with Gasteiger partial charge < -0.3 is 5.32 Å². The molecule has 0 amide bonds. The van der Waals surface area contributed by atoms with Crippen molar-refractivity contribution < 1.29 is 8.42 Å². The fourth-order valence-electron chi connectivity index (χ4n) is 2.00. The first-order valence-electron chi connectivity index (χ1n) is 7.50. The second-order valence-electron chi connectivity index (χ2n) is 6.30. The van der Waals surface area contributed by atoms with Crippen molar-refractivity contribution in [2.75, 3.05) is 26.2 Å². The number of hydrogen-bond donors (Lipinski definition) is 1. The van der Waals surface area contributed by atoms with Gasteiger partial charge in [0.1, 0.15) is 4.21 Å². The molecule has 0 spiro atoms. The van der Waals surface area contributed by atoms with Crippen LogP contribution in [0.5, 0.6) is 0 Å². The Kier molecular flexibility index (Phi) is 6.84. The molecular formula is C15H28N2O2S2. The van der Waals surface area contributed by atoms with E-state index in [0.717, 1.165) is 24.4 Å². The highest BCUT2D eigenvalue weighted by molar-refractivity contribution is 7.91. The van der Waals surface area contributed by atoms with Gasteiger partial charge in [-0.05, 0) is 30.5 Å². The molecule has 0 fully saturated rings. The smallest absolute Gasteiger partial charge is 0.252 e. The zero-order valence-electron chi connectivity index (χ0n) is 13.8. The molecule has 0 bridgehead atoms. The van der Waals surface area contributed by atoms with Crippen LogP contribution in [0.15, 0.2) is 16.3 Å². The van der Waals surface area contributed by atoms with E-state index in [1.54, 1.807) is 6.07 Å². The molecule has 0 saturated heterocycles. The van der Waals surface area contributed by atoms with Gasteiger partial charge in [-0.25, -0.2) is 8.42 Å². The molecule has 1 aromatic rings. The Morgan fingerprint density at radius 2 is 1.81 bits per heavy atom. The number of nitrogens with one attached hydrogen (secondary N) is 1. The van der Waals surface area contributed by atoms with Crippen LogP contribution < -0.4 is 5.32 Å². The Morgan fingerprint density at radius 3 is 2.33 bits per heavy atom. The summed E-state index contributed by atoms with van der Waals surface area (Å²) in [5.41, 5.74) is 0.271. The summed E-state index contributed by atoms with van der Waals surface area (Å²) in [7, 11) is -3.30. The Bertz CT molecular complexity index is 526. The van der Waals surface area contributed by atoms with Gasteiger partial charge in [0.25, 0.3) is 10.0 Å². The Balaban J connectivity index is 2.61. The molecule has 1 N–H and O–H groups in total. The maximum absolute atomic E-state index is 12.4. The van der Waals surface area contributed by atoms with Crippen molar-refractivity contribution in [1.82, 2.24) is 9.62 Å². The van der Waals surface area contributed by atoms with Crippen LogP contribution in [0.1, 0.15) is 39.5 Å². The van der Waals surface area contributed by atoms with Crippen LogP contribution in [0.2, 0.25) is 0 Å². The summed E-state index contributed by atoms with van der Waals surface area (Å²) in [6.45, 7) is 13.2. The average Bonchev–Trinajstić information content (AvgIpc) is 2.84. The molecule has 0 radical (unpaired) electrons. The van der Waals surface area contributed by atoms with Crippen molar-refractivity contribution in [1.29, 1.82) is 0 Å². The fraction of sp³-hybridized carbons (Fsp3) is 0.733. The minimum absolute atomic E-state index is 0.271. The highest BCUT2D eigenvalue weighted by Crippen LogP contribution is 2.25. The van der Waals surface area contributed by atoms with Crippen molar-refractivity contribution in [2.45, 2.75) is 45.2 Å². The molecular weight excluding hydrogens is 304 g/mol.